The van der Waals surface area contributed by atoms with Crippen LogP contribution in [0.5, 0.6) is 0 Å². The molecule has 3 N–H and O–H groups in total. The number of nitrogen functional groups attached to an aromatic ring is 1. The Bertz CT molecular complexity index is 667. The molecule has 2 aromatic heterocycles. The number of sulfonamides is 1. The molecule has 0 spiro atoms. The van der Waals surface area contributed by atoms with Gasteiger partial charge in [-0.25, -0.2) is 18.1 Å². The highest BCUT2D eigenvalue weighted by Gasteiger charge is 2.17. The van der Waals surface area contributed by atoms with E-state index in [1.807, 2.05) is 0 Å². The first kappa shape index (κ1) is 13.4. The van der Waals surface area contributed by atoms with E-state index in [0.29, 0.717) is 18.1 Å². The standard InChI is InChI=1S/C10H13N5O3S/c1-7-14-9(18-15-7)4-6-13-19(16,17)8-3-2-5-12-10(8)11/h2-3,5,13H,4,6H2,1H3,(H2,11,12). The third kappa shape index (κ3) is 3.26. The van der Waals surface area contributed by atoms with E-state index in [0.717, 1.165) is 0 Å². The van der Waals surface area contributed by atoms with Crippen LogP contribution in [0, 0.1) is 6.92 Å². The monoisotopic (exact) mass is 283 g/mol. The van der Waals surface area contributed by atoms with Crippen molar-refractivity contribution in [1.82, 2.24) is 19.8 Å². The van der Waals surface area contributed by atoms with Crippen LogP contribution in [0.2, 0.25) is 0 Å². The number of rotatable bonds is 5. The summed E-state index contributed by atoms with van der Waals surface area (Å²) in [7, 11) is -3.68. The number of nitrogens with one attached hydrogen (secondary N) is 1. The van der Waals surface area contributed by atoms with E-state index in [-0.39, 0.29) is 17.3 Å². The van der Waals surface area contributed by atoms with Crippen molar-refractivity contribution in [3.8, 4) is 0 Å². The van der Waals surface area contributed by atoms with Gasteiger partial charge < -0.3 is 10.3 Å². The van der Waals surface area contributed by atoms with E-state index >= 15 is 0 Å². The first-order chi connectivity index (χ1) is 8.99. The molecule has 0 atom stereocenters. The number of nitrogens with two attached hydrogens (primary N) is 1. The lowest BCUT2D eigenvalue weighted by Gasteiger charge is -2.06. The van der Waals surface area contributed by atoms with E-state index in [4.69, 9.17) is 10.3 Å². The number of aryl methyl sites for hydroxylation is 1. The Morgan fingerprint density at radius 3 is 2.89 bits per heavy atom. The molecule has 2 aromatic rings. The largest absolute Gasteiger partial charge is 0.383 e. The Labute approximate surface area is 110 Å². The molecular formula is C10H13N5O3S. The fourth-order valence-corrected chi connectivity index (χ4v) is 2.55. The van der Waals surface area contributed by atoms with Crippen molar-refractivity contribution < 1.29 is 12.9 Å². The number of pyridine rings is 1. The Morgan fingerprint density at radius 2 is 2.26 bits per heavy atom. The van der Waals surface area contributed by atoms with Crippen molar-refractivity contribution >= 4 is 15.8 Å². The van der Waals surface area contributed by atoms with E-state index in [2.05, 4.69) is 19.8 Å². The summed E-state index contributed by atoms with van der Waals surface area (Å²) in [6, 6.07) is 2.90. The van der Waals surface area contributed by atoms with Gasteiger partial charge in [0.1, 0.15) is 10.7 Å². The number of aromatic nitrogens is 3. The first-order valence-corrected chi connectivity index (χ1v) is 6.97. The second-order valence-electron chi connectivity index (χ2n) is 3.77. The second kappa shape index (κ2) is 5.33. The summed E-state index contributed by atoms with van der Waals surface area (Å²) < 4.78 is 31.2. The van der Waals surface area contributed by atoms with Crippen LogP contribution >= 0.6 is 0 Å². The molecule has 8 nitrogen and oxygen atoms in total. The Morgan fingerprint density at radius 1 is 1.47 bits per heavy atom. The van der Waals surface area contributed by atoms with Gasteiger partial charge in [0, 0.05) is 19.2 Å². The molecular weight excluding hydrogens is 270 g/mol. The Hall–Kier alpha value is -2.00. The maximum atomic E-state index is 12.0. The van der Waals surface area contributed by atoms with Gasteiger partial charge in [0.05, 0.1) is 0 Å². The number of hydrogen-bond donors (Lipinski definition) is 2. The molecule has 0 unspecified atom stereocenters. The maximum absolute atomic E-state index is 12.0. The maximum Gasteiger partial charge on any atom is 0.244 e. The molecule has 0 bridgehead atoms. The lowest BCUT2D eigenvalue weighted by atomic mass is 10.4. The van der Waals surface area contributed by atoms with Crippen molar-refractivity contribution in [2.45, 2.75) is 18.2 Å². The van der Waals surface area contributed by atoms with Crippen LogP contribution in [-0.4, -0.2) is 30.1 Å². The predicted octanol–water partition coefficient (Wildman–Crippen LogP) is -0.124. The summed E-state index contributed by atoms with van der Waals surface area (Å²) in [5, 5.41) is 3.61. The van der Waals surface area contributed by atoms with Crippen molar-refractivity contribution in [3.63, 3.8) is 0 Å². The van der Waals surface area contributed by atoms with Crippen LogP contribution in [0.4, 0.5) is 5.82 Å². The highest BCUT2D eigenvalue weighted by Crippen LogP contribution is 2.13. The third-order valence-corrected chi connectivity index (χ3v) is 3.80. The molecule has 0 aliphatic heterocycles. The summed E-state index contributed by atoms with van der Waals surface area (Å²) in [4.78, 5) is 7.66. The van der Waals surface area contributed by atoms with Crippen molar-refractivity contribution in [3.05, 3.63) is 30.0 Å². The molecule has 0 aromatic carbocycles. The third-order valence-electron chi connectivity index (χ3n) is 2.29. The van der Waals surface area contributed by atoms with Crippen LogP contribution in [0.3, 0.4) is 0 Å². The van der Waals surface area contributed by atoms with Crippen LogP contribution in [0.15, 0.2) is 27.7 Å². The van der Waals surface area contributed by atoms with Crippen molar-refractivity contribution in [2.75, 3.05) is 12.3 Å². The zero-order valence-corrected chi connectivity index (χ0v) is 11.0. The van der Waals surface area contributed by atoms with Crippen LogP contribution in [0.1, 0.15) is 11.7 Å². The highest BCUT2D eigenvalue weighted by molar-refractivity contribution is 7.89. The van der Waals surface area contributed by atoms with Crippen molar-refractivity contribution in [2.24, 2.45) is 0 Å². The minimum atomic E-state index is -3.68. The molecule has 0 aliphatic carbocycles. The zero-order valence-electron chi connectivity index (χ0n) is 10.2. The Kier molecular flexibility index (Phi) is 3.76. The van der Waals surface area contributed by atoms with Gasteiger partial charge >= 0.3 is 0 Å². The average molecular weight is 283 g/mol. The summed E-state index contributed by atoms with van der Waals surface area (Å²) >= 11 is 0. The molecule has 9 heteroatoms. The zero-order chi connectivity index (χ0) is 13.9. The molecule has 0 aliphatic rings. The summed E-state index contributed by atoms with van der Waals surface area (Å²) in [5.74, 6) is 0.845. The van der Waals surface area contributed by atoms with Gasteiger partial charge in [0.2, 0.25) is 15.9 Å². The van der Waals surface area contributed by atoms with E-state index in [9.17, 15) is 8.42 Å². The quantitative estimate of drug-likeness (QED) is 0.783. The fourth-order valence-electron chi connectivity index (χ4n) is 1.44. The van der Waals surface area contributed by atoms with Crippen LogP contribution < -0.4 is 10.5 Å². The van der Waals surface area contributed by atoms with E-state index in [1.54, 1.807) is 6.92 Å². The van der Waals surface area contributed by atoms with Gasteiger partial charge in [-0.3, -0.25) is 0 Å². The minimum Gasteiger partial charge on any atom is -0.383 e. The molecule has 102 valence electrons. The normalized spacial score (nSPS) is 11.6. The first-order valence-electron chi connectivity index (χ1n) is 5.48. The molecule has 0 radical (unpaired) electrons. The molecule has 2 heterocycles. The topological polar surface area (TPSA) is 124 Å². The van der Waals surface area contributed by atoms with E-state index < -0.39 is 10.0 Å². The lowest BCUT2D eigenvalue weighted by molar-refractivity contribution is 0.375. The van der Waals surface area contributed by atoms with Gasteiger partial charge in [0.25, 0.3) is 0 Å². The fraction of sp³-hybridized carbons (Fsp3) is 0.300. The lowest BCUT2D eigenvalue weighted by Crippen LogP contribution is -2.27. The molecule has 2 rings (SSSR count). The smallest absolute Gasteiger partial charge is 0.244 e. The molecule has 0 amide bonds. The van der Waals surface area contributed by atoms with Gasteiger partial charge in [-0.2, -0.15) is 4.98 Å². The van der Waals surface area contributed by atoms with Crippen molar-refractivity contribution in [1.29, 1.82) is 0 Å². The predicted molar refractivity (Wildman–Crippen MR) is 66.6 cm³/mol. The average Bonchev–Trinajstić information content (AvgIpc) is 2.75. The van der Waals surface area contributed by atoms with Gasteiger partial charge in [0.15, 0.2) is 5.82 Å². The molecule has 19 heavy (non-hydrogen) atoms. The van der Waals surface area contributed by atoms with Crippen LogP contribution in [0.25, 0.3) is 0 Å². The van der Waals surface area contributed by atoms with Crippen LogP contribution in [-0.2, 0) is 16.4 Å². The number of nitrogens with zero attached hydrogens (tertiary/aromatic N) is 3. The number of hydrogen-bond acceptors (Lipinski definition) is 7. The van der Waals surface area contributed by atoms with Gasteiger partial charge in [-0.05, 0) is 19.1 Å². The molecule has 0 saturated carbocycles. The van der Waals surface area contributed by atoms with Gasteiger partial charge in [-0.15, -0.1) is 0 Å². The Balaban J connectivity index is 2.01. The molecule has 0 fully saturated rings. The second-order valence-corrected chi connectivity index (χ2v) is 5.51. The summed E-state index contributed by atoms with van der Waals surface area (Å²) in [5.41, 5.74) is 5.52. The number of anilines is 1. The summed E-state index contributed by atoms with van der Waals surface area (Å²) in [6.07, 6.45) is 1.73. The van der Waals surface area contributed by atoms with E-state index in [1.165, 1.54) is 18.3 Å². The molecule has 0 saturated heterocycles. The van der Waals surface area contributed by atoms with Gasteiger partial charge in [-0.1, -0.05) is 5.16 Å². The minimum absolute atomic E-state index is 0.0383. The highest BCUT2D eigenvalue weighted by atomic mass is 32.2. The SMILES string of the molecule is Cc1noc(CCNS(=O)(=O)c2cccnc2N)n1. The summed E-state index contributed by atoms with van der Waals surface area (Å²) in [6.45, 7) is 1.83.